The van der Waals surface area contributed by atoms with Crippen LogP contribution in [0.25, 0.3) is 10.2 Å². The summed E-state index contributed by atoms with van der Waals surface area (Å²) >= 11 is 4.74. The molecule has 0 fully saturated rings. The second-order valence-electron chi connectivity index (χ2n) is 4.75. The van der Waals surface area contributed by atoms with Crippen LogP contribution >= 0.6 is 34.4 Å². The summed E-state index contributed by atoms with van der Waals surface area (Å²) in [5, 5.41) is 3.98. The van der Waals surface area contributed by atoms with Gasteiger partial charge in [-0.1, -0.05) is 23.9 Å². The SMILES string of the molecule is Cc1nc(C)c(CNC(=O)CSc2nc3ccccc3s2)s1. The van der Waals surface area contributed by atoms with Gasteiger partial charge in [0.1, 0.15) is 0 Å². The van der Waals surface area contributed by atoms with Crippen LogP contribution in [0.5, 0.6) is 0 Å². The Morgan fingerprint density at radius 2 is 2.05 bits per heavy atom. The molecular formula is C15H15N3OS3. The summed E-state index contributed by atoms with van der Waals surface area (Å²) in [7, 11) is 0. The van der Waals surface area contributed by atoms with E-state index < -0.39 is 0 Å². The van der Waals surface area contributed by atoms with Gasteiger partial charge in [0.25, 0.3) is 0 Å². The van der Waals surface area contributed by atoms with Crippen LogP contribution in [-0.2, 0) is 11.3 Å². The van der Waals surface area contributed by atoms with Crippen molar-refractivity contribution in [2.45, 2.75) is 24.7 Å². The Labute approximate surface area is 141 Å². The van der Waals surface area contributed by atoms with Crippen molar-refractivity contribution in [3.8, 4) is 0 Å². The van der Waals surface area contributed by atoms with E-state index in [0.717, 1.165) is 30.1 Å². The van der Waals surface area contributed by atoms with Gasteiger partial charge in [0.2, 0.25) is 5.91 Å². The largest absolute Gasteiger partial charge is 0.350 e. The average Bonchev–Trinajstić information content (AvgIpc) is 3.05. The highest BCUT2D eigenvalue weighted by Crippen LogP contribution is 2.29. The number of thiazole rings is 2. The molecule has 1 N–H and O–H groups in total. The molecule has 22 heavy (non-hydrogen) atoms. The van der Waals surface area contributed by atoms with Crippen LogP contribution < -0.4 is 5.32 Å². The normalized spacial score (nSPS) is 11.0. The van der Waals surface area contributed by atoms with Crippen LogP contribution in [0, 0.1) is 13.8 Å². The van der Waals surface area contributed by atoms with Crippen molar-refractivity contribution < 1.29 is 4.79 Å². The first kappa shape index (κ1) is 15.5. The lowest BCUT2D eigenvalue weighted by atomic mass is 10.3. The maximum atomic E-state index is 12.0. The third kappa shape index (κ3) is 3.66. The molecule has 0 atom stereocenters. The molecule has 114 valence electrons. The molecule has 4 nitrogen and oxygen atoms in total. The molecule has 0 radical (unpaired) electrons. The lowest BCUT2D eigenvalue weighted by Crippen LogP contribution is -2.24. The van der Waals surface area contributed by atoms with Crippen LogP contribution in [0.3, 0.4) is 0 Å². The summed E-state index contributed by atoms with van der Waals surface area (Å²) in [6.45, 7) is 4.50. The molecule has 0 saturated carbocycles. The Morgan fingerprint density at radius 1 is 1.23 bits per heavy atom. The molecule has 0 saturated heterocycles. The quantitative estimate of drug-likeness (QED) is 0.712. The Hall–Kier alpha value is -1.44. The van der Waals surface area contributed by atoms with E-state index in [1.807, 2.05) is 38.1 Å². The minimum Gasteiger partial charge on any atom is -0.350 e. The van der Waals surface area contributed by atoms with E-state index >= 15 is 0 Å². The number of aryl methyl sites for hydroxylation is 2. The third-order valence-electron chi connectivity index (χ3n) is 3.05. The van der Waals surface area contributed by atoms with Gasteiger partial charge in [-0.15, -0.1) is 22.7 Å². The fraction of sp³-hybridized carbons (Fsp3) is 0.267. The number of nitrogens with one attached hydrogen (secondary N) is 1. The van der Waals surface area contributed by atoms with Gasteiger partial charge in [-0.2, -0.15) is 0 Å². The lowest BCUT2D eigenvalue weighted by molar-refractivity contribution is -0.118. The number of para-hydroxylation sites is 1. The van der Waals surface area contributed by atoms with Crippen molar-refractivity contribution in [2.24, 2.45) is 0 Å². The van der Waals surface area contributed by atoms with E-state index in [2.05, 4.69) is 15.3 Å². The molecule has 0 unspecified atom stereocenters. The number of carbonyl (C=O) groups excluding carboxylic acids is 1. The number of rotatable bonds is 5. The summed E-state index contributed by atoms with van der Waals surface area (Å²) in [5.74, 6) is 0.408. The fourth-order valence-corrected chi connectivity index (χ4v) is 4.78. The molecule has 7 heteroatoms. The molecule has 0 aliphatic rings. The number of carbonyl (C=O) groups is 1. The van der Waals surface area contributed by atoms with E-state index in [4.69, 9.17) is 0 Å². The Morgan fingerprint density at radius 3 is 2.77 bits per heavy atom. The van der Waals surface area contributed by atoms with E-state index in [1.165, 1.54) is 11.8 Å². The number of fused-ring (bicyclic) bond motifs is 1. The maximum absolute atomic E-state index is 12.0. The van der Waals surface area contributed by atoms with E-state index in [9.17, 15) is 4.79 Å². The van der Waals surface area contributed by atoms with Crippen molar-refractivity contribution in [3.63, 3.8) is 0 Å². The Kier molecular flexibility index (Phi) is 4.75. The van der Waals surface area contributed by atoms with E-state index in [1.54, 1.807) is 22.7 Å². The lowest BCUT2D eigenvalue weighted by Gasteiger charge is -2.02. The molecule has 3 rings (SSSR count). The van der Waals surface area contributed by atoms with Gasteiger partial charge in [-0.3, -0.25) is 4.79 Å². The second kappa shape index (κ2) is 6.76. The van der Waals surface area contributed by atoms with Gasteiger partial charge in [0.15, 0.2) is 4.34 Å². The van der Waals surface area contributed by atoms with Gasteiger partial charge in [0, 0.05) is 4.88 Å². The van der Waals surface area contributed by atoms with Gasteiger partial charge in [-0.25, -0.2) is 9.97 Å². The molecule has 0 bridgehead atoms. The van der Waals surface area contributed by atoms with E-state index in [-0.39, 0.29) is 5.91 Å². The molecule has 2 aromatic heterocycles. The molecule has 1 amide bonds. The fourth-order valence-electron chi connectivity index (χ4n) is 2.01. The molecule has 0 aliphatic carbocycles. The highest BCUT2D eigenvalue weighted by molar-refractivity contribution is 8.01. The predicted octanol–water partition coefficient (Wildman–Crippen LogP) is 3.78. The van der Waals surface area contributed by atoms with Gasteiger partial charge in [0.05, 0.1) is 33.2 Å². The van der Waals surface area contributed by atoms with Gasteiger partial charge < -0.3 is 5.32 Å². The minimum atomic E-state index is 0.0229. The third-order valence-corrected chi connectivity index (χ3v) is 6.30. The maximum Gasteiger partial charge on any atom is 0.230 e. The van der Waals surface area contributed by atoms with Crippen molar-refractivity contribution in [1.29, 1.82) is 0 Å². The van der Waals surface area contributed by atoms with Crippen molar-refractivity contribution in [2.75, 3.05) is 5.75 Å². The van der Waals surface area contributed by atoms with Crippen molar-refractivity contribution in [3.05, 3.63) is 39.8 Å². The van der Waals surface area contributed by atoms with Gasteiger partial charge in [-0.05, 0) is 26.0 Å². The highest BCUT2D eigenvalue weighted by atomic mass is 32.2. The van der Waals surface area contributed by atoms with Crippen LogP contribution in [0.2, 0.25) is 0 Å². The zero-order chi connectivity index (χ0) is 15.5. The molecular weight excluding hydrogens is 334 g/mol. The van der Waals surface area contributed by atoms with Crippen LogP contribution in [0.1, 0.15) is 15.6 Å². The molecule has 3 aromatic rings. The minimum absolute atomic E-state index is 0.0229. The zero-order valence-corrected chi connectivity index (χ0v) is 14.7. The smallest absolute Gasteiger partial charge is 0.230 e. The number of aromatic nitrogens is 2. The second-order valence-corrected chi connectivity index (χ2v) is 8.30. The van der Waals surface area contributed by atoms with Gasteiger partial charge >= 0.3 is 0 Å². The zero-order valence-electron chi connectivity index (χ0n) is 12.3. The van der Waals surface area contributed by atoms with Crippen LogP contribution in [-0.4, -0.2) is 21.6 Å². The number of nitrogens with zero attached hydrogens (tertiary/aromatic N) is 2. The van der Waals surface area contributed by atoms with Crippen LogP contribution in [0.15, 0.2) is 28.6 Å². The van der Waals surface area contributed by atoms with Crippen molar-refractivity contribution in [1.82, 2.24) is 15.3 Å². The number of amides is 1. The first-order valence-corrected chi connectivity index (χ1v) is 9.41. The van der Waals surface area contributed by atoms with Crippen LogP contribution in [0.4, 0.5) is 0 Å². The van der Waals surface area contributed by atoms with E-state index in [0.29, 0.717) is 12.3 Å². The number of thioether (sulfide) groups is 1. The molecule has 1 aromatic carbocycles. The monoisotopic (exact) mass is 349 g/mol. The average molecular weight is 350 g/mol. The summed E-state index contributed by atoms with van der Waals surface area (Å²) in [6.07, 6.45) is 0. The van der Waals surface area contributed by atoms with Crippen molar-refractivity contribution >= 4 is 50.6 Å². The molecule has 0 spiro atoms. The Balaban J connectivity index is 1.52. The summed E-state index contributed by atoms with van der Waals surface area (Å²) < 4.78 is 2.09. The molecule has 2 heterocycles. The highest BCUT2D eigenvalue weighted by Gasteiger charge is 2.09. The molecule has 0 aliphatic heterocycles. The Bertz CT molecular complexity index is 776. The number of hydrogen-bond donors (Lipinski definition) is 1. The predicted molar refractivity (Wildman–Crippen MR) is 93.8 cm³/mol. The number of hydrogen-bond acceptors (Lipinski definition) is 6. The summed E-state index contributed by atoms with van der Waals surface area (Å²) in [6, 6.07) is 8.01. The summed E-state index contributed by atoms with van der Waals surface area (Å²) in [4.78, 5) is 21.9. The standard InChI is InChI=1S/C15H15N3OS3/c1-9-13(21-10(2)17-9)7-16-14(19)8-20-15-18-11-5-3-4-6-12(11)22-15/h3-6H,7-8H2,1-2H3,(H,16,19). The topological polar surface area (TPSA) is 54.9 Å². The summed E-state index contributed by atoms with van der Waals surface area (Å²) in [5.41, 5.74) is 1.99. The first-order valence-electron chi connectivity index (χ1n) is 6.80. The number of benzene rings is 1. The first-order chi connectivity index (χ1) is 10.6.